The van der Waals surface area contributed by atoms with Crippen molar-refractivity contribution < 1.29 is 41.0 Å². The molecule has 40 heavy (non-hydrogen) atoms. The number of urea groups is 1. The first-order valence-corrected chi connectivity index (χ1v) is 12.1. The van der Waals surface area contributed by atoms with E-state index in [0.29, 0.717) is 35.9 Å². The number of hydrogen-bond acceptors (Lipinski definition) is 5. The molecule has 0 spiro atoms. The maximum atomic E-state index is 14.9. The molecular weight excluding hydrogens is 548 g/mol. The smallest absolute Gasteiger partial charge is 0.395 e. The number of halogens is 6. The fraction of sp³-hybridized carbons (Fsp3) is 0.360. The molecule has 1 aliphatic heterocycles. The third kappa shape index (κ3) is 5.46. The van der Waals surface area contributed by atoms with E-state index >= 15 is 0 Å². The van der Waals surface area contributed by atoms with E-state index in [1.807, 2.05) is 0 Å². The van der Waals surface area contributed by atoms with Crippen molar-refractivity contribution in [3.63, 3.8) is 0 Å². The summed E-state index contributed by atoms with van der Waals surface area (Å²) >= 11 is 0. The maximum absolute atomic E-state index is 14.9. The van der Waals surface area contributed by atoms with E-state index in [2.05, 4.69) is 4.98 Å². The van der Waals surface area contributed by atoms with Gasteiger partial charge in [0.2, 0.25) is 5.43 Å². The summed E-state index contributed by atoms with van der Waals surface area (Å²) in [4.78, 5) is 45.7. The Labute approximate surface area is 222 Å². The molecule has 2 aromatic heterocycles. The lowest BCUT2D eigenvalue weighted by Crippen LogP contribution is -2.50. The highest BCUT2D eigenvalue weighted by Gasteiger charge is 2.40. The number of aromatic nitrogens is 2. The number of amides is 3. The topological polar surface area (TPSA) is 108 Å². The molecule has 2 N–H and O–H groups in total. The van der Waals surface area contributed by atoms with Crippen molar-refractivity contribution in [1.82, 2.24) is 19.8 Å². The fourth-order valence-electron chi connectivity index (χ4n) is 4.41. The van der Waals surface area contributed by atoms with E-state index in [0.717, 1.165) is 13.0 Å². The maximum Gasteiger partial charge on any atom is 0.408 e. The van der Waals surface area contributed by atoms with E-state index in [1.165, 1.54) is 15.9 Å². The van der Waals surface area contributed by atoms with Gasteiger partial charge in [-0.3, -0.25) is 19.1 Å². The Morgan fingerprint density at radius 1 is 1.12 bits per heavy atom. The highest BCUT2D eigenvalue weighted by molar-refractivity contribution is 5.98. The number of rotatable bonds is 7. The molecule has 3 aromatic rings. The quantitative estimate of drug-likeness (QED) is 0.423. The number of hydrogen-bond donors (Lipinski definition) is 2. The fourth-order valence-corrected chi connectivity index (χ4v) is 4.41. The minimum Gasteiger partial charge on any atom is -0.395 e. The van der Waals surface area contributed by atoms with Crippen LogP contribution in [0.1, 0.15) is 30.1 Å². The number of nitrogens with one attached hydrogen (secondary N) is 1. The minimum atomic E-state index is -4.84. The molecule has 0 aliphatic carbocycles. The van der Waals surface area contributed by atoms with Crippen LogP contribution >= 0.6 is 0 Å². The summed E-state index contributed by atoms with van der Waals surface area (Å²) < 4.78 is 83.9. The van der Waals surface area contributed by atoms with Gasteiger partial charge < -0.3 is 15.3 Å². The molecule has 1 aromatic carbocycles. The van der Waals surface area contributed by atoms with E-state index < -0.39 is 75.7 Å². The summed E-state index contributed by atoms with van der Waals surface area (Å²) in [5.41, 5.74) is -3.37. The van der Waals surface area contributed by atoms with Crippen LogP contribution in [-0.2, 0) is 0 Å². The number of aliphatic hydroxyl groups excluding tert-OH is 1. The second-order valence-corrected chi connectivity index (χ2v) is 8.97. The van der Waals surface area contributed by atoms with Gasteiger partial charge in [-0.1, -0.05) is 6.92 Å². The van der Waals surface area contributed by atoms with Gasteiger partial charge in [0.1, 0.15) is 28.9 Å². The van der Waals surface area contributed by atoms with Crippen molar-refractivity contribution in [3.8, 4) is 5.69 Å². The van der Waals surface area contributed by atoms with E-state index in [-0.39, 0.29) is 25.5 Å². The molecule has 9 nitrogen and oxygen atoms in total. The highest BCUT2D eigenvalue weighted by atomic mass is 19.4. The molecule has 0 saturated carbocycles. The van der Waals surface area contributed by atoms with E-state index in [1.54, 1.807) is 5.32 Å². The van der Waals surface area contributed by atoms with E-state index in [4.69, 9.17) is 0 Å². The average Bonchev–Trinajstić information content (AvgIpc) is 2.88. The van der Waals surface area contributed by atoms with Gasteiger partial charge in [0.15, 0.2) is 17.3 Å². The van der Waals surface area contributed by atoms with Gasteiger partial charge in [0, 0.05) is 38.0 Å². The predicted molar refractivity (Wildman–Crippen MR) is 131 cm³/mol. The van der Waals surface area contributed by atoms with Crippen molar-refractivity contribution in [2.24, 2.45) is 0 Å². The van der Waals surface area contributed by atoms with Gasteiger partial charge in [-0.05, 0) is 25.0 Å². The van der Waals surface area contributed by atoms with Crippen LogP contribution in [0.2, 0.25) is 0 Å². The largest absolute Gasteiger partial charge is 0.408 e. The van der Waals surface area contributed by atoms with Gasteiger partial charge in [0.05, 0.1) is 12.0 Å². The van der Waals surface area contributed by atoms with Crippen LogP contribution < -0.4 is 15.6 Å². The number of alkyl halides is 3. The Hall–Kier alpha value is -4.14. The summed E-state index contributed by atoms with van der Waals surface area (Å²) in [5.74, 6) is -5.68. The van der Waals surface area contributed by atoms with Gasteiger partial charge >= 0.3 is 12.2 Å². The van der Waals surface area contributed by atoms with Gasteiger partial charge in [-0.25, -0.2) is 22.9 Å². The Balaban J connectivity index is 1.93. The summed E-state index contributed by atoms with van der Waals surface area (Å²) in [7, 11) is 0. The van der Waals surface area contributed by atoms with E-state index in [9.17, 15) is 45.8 Å². The molecule has 214 valence electrons. The third-order valence-corrected chi connectivity index (χ3v) is 6.37. The Morgan fingerprint density at radius 3 is 2.40 bits per heavy atom. The SMILES string of the molecule is CCC(NC(=O)c1cn(-c2c(F)cc(F)cc2F)c2nc(N3CCCN(CCO)C3=O)ccc2c1=O)C(F)(F)F. The number of aliphatic hydroxyl groups is 1. The zero-order valence-electron chi connectivity index (χ0n) is 20.9. The molecule has 0 radical (unpaired) electrons. The number of carbonyl (C=O) groups excluding carboxylic acids is 2. The predicted octanol–water partition coefficient (Wildman–Crippen LogP) is 3.50. The second-order valence-electron chi connectivity index (χ2n) is 8.97. The van der Waals surface area contributed by atoms with Crippen LogP contribution in [0.25, 0.3) is 16.7 Å². The molecule has 1 aliphatic rings. The summed E-state index contributed by atoms with van der Waals surface area (Å²) in [6.45, 7) is 1.43. The first-order chi connectivity index (χ1) is 18.9. The first-order valence-electron chi connectivity index (χ1n) is 12.1. The van der Waals surface area contributed by atoms with Crippen molar-refractivity contribution in [2.75, 3.05) is 31.1 Å². The third-order valence-electron chi connectivity index (χ3n) is 6.37. The number of pyridine rings is 2. The first kappa shape index (κ1) is 28.9. The molecular formula is C25H23F6N5O4. The van der Waals surface area contributed by atoms with Gasteiger partial charge in [0.25, 0.3) is 5.91 Å². The molecule has 3 heterocycles. The Kier molecular flexibility index (Phi) is 8.05. The van der Waals surface area contributed by atoms with Crippen LogP contribution in [-0.4, -0.2) is 70.0 Å². The van der Waals surface area contributed by atoms with Crippen LogP contribution in [0.3, 0.4) is 0 Å². The minimum absolute atomic E-state index is 0.0365. The average molecular weight is 571 g/mol. The normalized spacial score (nSPS) is 15.1. The van der Waals surface area contributed by atoms with Crippen molar-refractivity contribution in [2.45, 2.75) is 32.0 Å². The lowest BCUT2D eigenvalue weighted by Gasteiger charge is -2.34. The monoisotopic (exact) mass is 571 g/mol. The lowest BCUT2D eigenvalue weighted by atomic mass is 10.1. The highest BCUT2D eigenvalue weighted by Crippen LogP contribution is 2.27. The Bertz CT molecular complexity index is 1500. The van der Waals surface area contributed by atoms with Crippen LogP contribution in [0, 0.1) is 17.5 Å². The standard InChI is InChI=1S/C25H23F6N5O4/c1-2-18(25(29,30)31)32-23(39)15-12-36(20-16(27)10-13(26)11-17(20)28)22-14(21(15)38)4-5-19(33-22)35-7-3-6-34(8-9-37)24(35)40/h4-5,10-12,18,37H,2-3,6-9H2,1H3,(H,32,39). The van der Waals surface area contributed by atoms with Crippen LogP contribution in [0.15, 0.2) is 35.3 Å². The summed E-state index contributed by atoms with van der Waals surface area (Å²) in [5, 5.41) is 10.5. The van der Waals surface area contributed by atoms with Crippen LogP contribution in [0.5, 0.6) is 0 Å². The molecule has 15 heteroatoms. The number of anilines is 1. The van der Waals surface area contributed by atoms with Gasteiger partial charge in [-0.15, -0.1) is 0 Å². The van der Waals surface area contributed by atoms with Crippen molar-refractivity contribution in [1.29, 1.82) is 0 Å². The molecule has 3 amide bonds. The number of benzene rings is 1. The zero-order valence-corrected chi connectivity index (χ0v) is 20.9. The molecule has 1 atom stereocenters. The van der Waals surface area contributed by atoms with Crippen molar-refractivity contribution in [3.05, 3.63) is 63.7 Å². The number of fused-ring (bicyclic) bond motifs is 1. The van der Waals surface area contributed by atoms with Gasteiger partial charge in [-0.2, -0.15) is 13.2 Å². The summed E-state index contributed by atoms with van der Waals surface area (Å²) in [6.07, 6.45) is -4.29. The number of nitrogens with zero attached hydrogens (tertiary/aromatic N) is 4. The molecule has 4 rings (SSSR count). The molecule has 1 saturated heterocycles. The Morgan fingerprint density at radius 2 is 1.80 bits per heavy atom. The van der Waals surface area contributed by atoms with Crippen molar-refractivity contribution >= 4 is 28.8 Å². The summed E-state index contributed by atoms with van der Waals surface area (Å²) in [6, 6.07) is 0.182. The second kappa shape index (κ2) is 11.2. The lowest BCUT2D eigenvalue weighted by molar-refractivity contribution is -0.153. The molecule has 1 unspecified atom stereocenters. The van der Waals surface area contributed by atoms with Crippen LogP contribution in [0.4, 0.5) is 37.0 Å². The molecule has 0 bridgehead atoms. The number of β-amino-alcohol motifs (C(OH)–C–C–N with tert-alkyl or cyclic N) is 1. The molecule has 1 fully saturated rings. The number of carbonyl (C=O) groups is 2. The zero-order chi connectivity index (χ0) is 29.4.